The first-order chi connectivity index (χ1) is 19.5. The van der Waals surface area contributed by atoms with Gasteiger partial charge in [0.2, 0.25) is 11.8 Å². The van der Waals surface area contributed by atoms with Crippen LogP contribution in [0.1, 0.15) is 48.9 Å². The molecule has 40 heavy (non-hydrogen) atoms. The molecule has 6 rings (SSSR count). The lowest BCUT2D eigenvalue weighted by Crippen LogP contribution is -2.46. The van der Waals surface area contributed by atoms with Crippen molar-refractivity contribution in [2.75, 3.05) is 11.4 Å². The Balaban J connectivity index is 1.26. The van der Waals surface area contributed by atoms with E-state index in [-0.39, 0.29) is 18.5 Å². The number of carbonyl (C=O) groups is 3. The van der Waals surface area contributed by atoms with E-state index in [1.165, 1.54) is 28.7 Å². The Bertz CT molecular complexity index is 1590. The highest BCUT2D eigenvalue weighted by atomic mass is 19.1. The Morgan fingerprint density at radius 2 is 1.77 bits per heavy atom. The van der Waals surface area contributed by atoms with Crippen molar-refractivity contribution >= 4 is 34.5 Å². The van der Waals surface area contributed by atoms with Crippen molar-refractivity contribution in [3.63, 3.8) is 0 Å². The summed E-state index contributed by atoms with van der Waals surface area (Å²) in [5, 5.41) is 0. The molecule has 1 aliphatic carbocycles. The second-order valence-electron chi connectivity index (χ2n) is 10.2. The van der Waals surface area contributed by atoms with Crippen molar-refractivity contribution in [1.29, 1.82) is 0 Å². The van der Waals surface area contributed by atoms with Gasteiger partial charge in [-0.15, -0.1) is 0 Å². The quantitative estimate of drug-likeness (QED) is 0.204. The van der Waals surface area contributed by atoms with Crippen LogP contribution in [0.15, 0.2) is 88.9 Å². The number of carbonyl (C=O) groups excluding carboxylic acids is 3. The number of rotatable bonds is 7. The fourth-order valence-electron chi connectivity index (χ4n) is 5.46. The smallest absolute Gasteiger partial charge is 0.257 e. The third kappa shape index (κ3) is 4.93. The molecule has 1 fully saturated rings. The van der Waals surface area contributed by atoms with Crippen molar-refractivity contribution in [3.8, 4) is 11.5 Å². The predicted octanol–water partition coefficient (Wildman–Crippen LogP) is 6.30. The summed E-state index contributed by atoms with van der Waals surface area (Å²) in [7, 11) is 0. The van der Waals surface area contributed by atoms with Crippen LogP contribution in [-0.4, -0.2) is 40.2 Å². The van der Waals surface area contributed by atoms with Crippen molar-refractivity contribution < 1.29 is 23.2 Å². The van der Waals surface area contributed by atoms with Crippen LogP contribution in [-0.2, 0) is 9.59 Å². The molecule has 0 N–H and O–H groups in total. The maximum absolute atomic E-state index is 14.6. The summed E-state index contributed by atoms with van der Waals surface area (Å²) in [6.45, 7) is 0.229. The van der Waals surface area contributed by atoms with Gasteiger partial charge >= 0.3 is 0 Å². The van der Waals surface area contributed by atoms with Crippen LogP contribution in [0.3, 0.4) is 0 Å². The number of benzene rings is 3. The van der Waals surface area contributed by atoms with Crippen LogP contribution in [0.4, 0.5) is 10.1 Å². The van der Waals surface area contributed by atoms with E-state index in [1.807, 2.05) is 24.3 Å². The number of amides is 3. The Morgan fingerprint density at radius 1 is 1.00 bits per heavy atom. The Labute approximate surface area is 230 Å². The van der Waals surface area contributed by atoms with Gasteiger partial charge in [0.1, 0.15) is 17.4 Å². The van der Waals surface area contributed by atoms with E-state index in [0.29, 0.717) is 29.1 Å². The number of imide groups is 1. The molecule has 3 aromatic carbocycles. The van der Waals surface area contributed by atoms with Gasteiger partial charge < -0.3 is 9.32 Å². The number of hydrogen-bond acceptors (Lipinski definition) is 5. The number of oxazole rings is 1. The van der Waals surface area contributed by atoms with Crippen molar-refractivity contribution in [1.82, 2.24) is 9.88 Å². The molecule has 7 nitrogen and oxygen atoms in total. The van der Waals surface area contributed by atoms with Crippen LogP contribution in [0.25, 0.3) is 22.6 Å². The maximum atomic E-state index is 14.6. The number of hydrogen-bond donors (Lipinski definition) is 0. The zero-order valence-corrected chi connectivity index (χ0v) is 21.9. The van der Waals surface area contributed by atoms with Gasteiger partial charge in [0.25, 0.3) is 11.8 Å². The topological polar surface area (TPSA) is 83.7 Å². The lowest BCUT2D eigenvalue weighted by atomic mass is 9.96. The highest BCUT2D eigenvalue weighted by Gasteiger charge is 2.44. The minimum Gasteiger partial charge on any atom is -0.436 e. The van der Waals surface area contributed by atoms with Gasteiger partial charge in [-0.25, -0.2) is 14.3 Å². The summed E-state index contributed by atoms with van der Waals surface area (Å²) < 4.78 is 20.4. The molecule has 1 atom stereocenters. The molecular formula is C32H28FN3O4. The molecule has 0 saturated carbocycles. The molecule has 202 valence electrons. The van der Waals surface area contributed by atoms with E-state index < -0.39 is 29.6 Å². The van der Waals surface area contributed by atoms with E-state index in [4.69, 9.17) is 4.42 Å². The lowest BCUT2D eigenvalue weighted by Gasteiger charge is -2.29. The van der Waals surface area contributed by atoms with Crippen molar-refractivity contribution in [2.45, 2.75) is 44.6 Å². The first-order valence-corrected chi connectivity index (χ1v) is 13.6. The molecule has 1 aliphatic heterocycles. The van der Waals surface area contributed by atoms with Crippen LogP contribution < -0.4 is 4.90 Å². The summed E-state index contributed by atoms with van der Waals surface area (Å²) in [5.41, 5.74) is 3.61. The van der Waals surface area contributed by atoms with Crippen LogP contribution in [0, 0.1) is 5.82 Å². The number of allylic oxidation sites excluding steroid dienone is 1. The number of halogens is 1. The van der Waals surface area contributed by atoms with Gasteiger partial charge in [0.15, 0.2) is 5.58 Å². The molecular weight excluding hydrogens is 509 g/mol. The SMILES string of the molecule is O=C1CC(N(CCC2=CCCCC2)C(=O)c2ccccc2F)C(=O)N1c1ccc(-c2nc3ccccc3o2)cc1. The predicted molar refractivity (Wildman–Crippen MR) is 149 cm³/mol. The lowest BCUT2D eigenvalue weighted by molar-refractivity contribution is -0.122. The van der Waals surface area contributed by atoms with E-state index in [2.05, 4.69) is 11.1 Å². The largest absolute Gasteiger partial charge is 0.436 e. The van der Waals surface area contributed by atoms with Gasteiger partial charge in [-0.1, -0.05) is 35.9 Å². The summed E-state index contributed by atoms with van der Waals surface area (Å²) in [6, 6.07) is 19.0. The third-order valence-electron chi connectivity index (χ3n) is 7.59. The molecule has 3 amide bonds. The van der Waals surface area contributed by atoms with E-state index in [0.717, 1.165) is 36.1 Å². The molecule has 1 saturated heterocycles. The number of aromatic nitrogens is 1. The average Bonchev–Trinajstić information content (AvgIpc) is 3.54. The van der Waals surface area contributed by atoms with Gasteiger partial charge in [-0.3, -0.25) is 14.4 Å². The number of para-hydroxylation sites is 2. The van der Waals surface area contributed by atoms with E-state index in [1.54, 1.807) is 30.3 Å². The third-order valence-corrected chi connectivity index (χ3v) is 7.59. The molecule has 2 aliphatic rings. The summed E-state index contributed by atoms with van der Waals surface area (Å²) >= 11 is 0. The summed E-state index contributed by atoms with van der Waals surface area (Å²) in [6.07, 6.45) is 6.75. The fraction of sp³-hybridized carbons (Fsp3) is 0.250. The highest BCUT2D eigenvalue weighted by Crippen LogP contribution is 2.31. The number of nitrogens with zero attached hydrogens (tertiary/aromatic N) is 3. The van der Waals surface area contributed by atoms with Crippen LogP contribution in [0.2, 0.25) is 0 Å². The molecule has 0 radical (unpaired) electrons. The fourth-order valence-corrected chi connectivity index (χ4v) is 5.46. The minimum absolute atomic E-state index is 0.110. The van der Waals surface area contributed by atoms with Crippen LogP contribution >= 0.6 is 0 Å². The van der Waals surface area contributed by atoms with E-state index >= 15 is 0 Å². The zero-order chi connectivity index (χ0) is 27.6. The molecule has 2 heterocycles. The second kappa shape index (κ2) is 10.9. The normalized spacial score (nSPS) is 17.4. The first-order valence-electron chi connectivity index (χ1n) is 13.6. The minimum atomic E-state index is -1.01. The van der Waals surface area contributed by atoms with Crippen LogP contribution in [0.5, 0.6) is 0 Å². The van der Waals surface area contributed by atoms with Gasteiger partial charge in [-0.2, -0.15) is 0 Å². The maximum Gasteiger partial charge on any atom is 0.257 e. The van der Waals surface area contributed by atoms with Gasteiger partial charge in [-0.05, 0) is 80.6 Å². The Kier molecular flexibility index (Phi) is 6.99. The zero-order valence-electron chi connectivity index (χ0n) is 21.9. The molecule has 8 heteroatoms. The van der Waals surface area contributed by atoms with Crippen molar-refractivity contribution in [2.24, 2.45) is 0 Å². The molecule has 1 unspecified atom stereocenters. The standard InChI is InChI=1S/C32H28FN3O4/c33-25-11-5-4-10-24(25)31(38)35(19-18-21-8-2-1-3-9-21)27-20-29(37)36(32(27)39)23-16-14-22(15-17-23)30-34-26-12-6-7-13-28(26)40-30/h4-8,10-17,27H,1-3,9,18-20H2. The summed E-state index contributed by atoms with van der Waals surface area (Å²) in [5.74, 6) is -1.72. The van der Waals surface area contributed by atoms with E-state index in [9.17, 15) is 18.8 Å². The second-order valence-corrected chi connectivity index (χ2v) is 10.2. The number of fused-ring (bicyclic) bond motifs is 1. The first kappa shape index (κ1) is 25.7. The molecule has 4 aromatic rings. The van der Waals surface area contributed by atoms with Gasteiger partial charge in [0, 0.05) is 12.1 Å². The molecule has 0 spiro atoms. The Hall–Kier alpha value is -4.59. The van der Waals surface area contributed by atoms with Gasteiger partial charge in [0.05, 0.1) is 17.7 Å². The van der Waals surface area contributed by atoms with Crippen molar-refractivity contribution in [3.05, 3.63) is 95.8 Å². The highest BCUT2D eigenvalue weighted by molar-refractivity contribution is 6.23. The monoisotopic (exact) mass is 537 g/mol. The molecule has 0 bridgehead atoms. The molecule has 1 aromatic heterocycles. The average molecular weight is 538 g/mol. The number of anilines is 1. The Morgan fingerprint density at radius 3 is 2.52 bits per heavy atom. The summed E-state index contributed by atoms with van der Waals surface area (Å²) in [4.78, 5) is 47.4.